The van der Waals surface area contributed by atoms with E-state index in [9.17, 15) is 9.50 Å². The van der Waals surface area contributed by atoms with E-state index >= 15 is 0 Å². The van der Waals surface area contributed by atoms with Crippen LogP contribution in [0.1, 0.15) is 19.4 Å². The van der Waals surface area contributed by atoms with Crippen LogP contribution in [0.4, 0.5) is 4.39 Å². The van der Waals surface area contributed by atoms with Crippen LogP contribution in [-0.2, 0) is 5.60 Å². The Bertz CT molecular complexity index is 426. The summed E-state index contributed by atoms with van der Waals surface area (Å²) in [6.45, 7) is 3.70. The van der Waals surface area contributed by atoms with Crippen LogP contribution in [0.15, 0.2) is 6.07 Å². The summed E-state index contributed by atoms with van der Waals surface area (Å²) in [4.78, 5) is 0. The first-order chi connectivity index (χ1) is 7.41. The maximum Gasteiger partial charge on any atom is 0.182 e. The van der Waals surface area contributed by atoms with Crippen molar-refractivity contribution in [1.82, 2.24) is 0 Å². The van der Waals surface area contributed by atoms with Crippen LogP contribution in [0.3, 0.4) is 0 Å². The second-order valence-corrected chi connectivity index (χ2v) is 4.51. The fraction of sp³-hybridized carbons (Fsp3) is 0.455. The monoisotopic (exact) mass is 246 g/mol. The van der Waals surface area contributed by atoms with Gasteiger partial charge in [0.1, 0.15) is 18.2 Å². The highest BCUT2D eigenvalue weighted by Crippen LogP contribution is 2.43. The summed E-state index contributed by atoms with van der Waals surface area (Å²) >= 11 is 5.83. The van der Waals surface area contributed by atoms with Gasteiger partial charge in [0.2, 0.25) is 0 Å². The maximum absolute atomic E-state index is 13.9. The highest BCUT2D eigenvalue weighted by molar-refractivity contribution is 6.32. The van der Waals surface area contributed by atoms with Crippen LogP contribution in [0.2, 0.25) is 5.02 Å². The van der Waals surface area contributed by atoms with Gasteiger partial charge in [-0.25, -0.2) is 4.39 Å². The van der Waals surface area contributed by atoms with Crippen LogP contribution in [0, 0.1) is 5.82 Å². The number of rotatable bonds is 1. The third kappa shape index (κ3) is 1.83. The second-order valence-electron chi connectivity index (χ2n) is 4.14. The van der Waals surface area contributed by atoms with Gasteiger partial charge in [0.25, 0.3) is 0 Å². The highest BCUT2D eigenvalue weighted by atomic mass is 35.5. The zero-order valence-corrected chi connectivity index (χ0v) is 9.77. The van der Waals surface area contributed by atoms with Crippen LogP contribution >= 0.6 is 11.6 Å². The first kappa shape index (κ1) is 11.5. The first-order valence-electron chi connectivity index (χ1n) is 4.91. The standard InChI is InChI=1S/C11H12ClFO3/c1-11(2,14)6-5-7-10(8(12)9(6)13)16-4-3-15-7/h5,14H,3-4H2,1-2H3. The molecule has 0 aromatic heterocycles. The molecule has 0 fully saturated rings. The lowest BCUT2D eigenvalue weighted by molar-refractivity contribution is 0.0733. The van der Waals surface area contributed by atoms with Gasteiger partial charge in [-0.05, 0) is 19.9 Å². The van der Waals surface area contributed by atoms with E-state index in [1.807, 2.05) is 0 Å². The normalized spacial score (nSPS) is 15.1. The van der Waals surface area contributed by atoms with Gasteiger partial charge >= 0.3 is 0 Å². The molecule has 0 saturated carbocycles. The molecule has 1 heterocycles. The van der Waals surface area contributed by atoms with E-state index in [0.717, 1.165) is 0 Å². The summed E-state index contributed by atoms with van der Waals surface area (Å²) < 4.78 is 24.4. The Morgan fingerprint density at radius 1 is 1.38 bits per heavy atom. The molecule has 16 heavy (non-hydrogen) atoms. The van der Waals surface area contributed by atoms with E-state index in [2.05, 4.69) is 0 Å². The van der Waals surface area contributed by atoms with Crippen LogP contribution in [0.5, 0.6) is 11.5 Å². The minimum Gasteiger partial charge on any atom is -0.486 e. The van der Waals surface area contributed by atoms with Crippen molar-refractivity contribution in [3.8, 4) is 11.5 Å². The summed E-state index contributed by atoms with van der Waals surface area (Å²) in [5.74, 6) is -0.0911. The van der Waals surface area contributed by atoms with Crippen LogP contribution < -0.4 is 9.47 Å². The lowest BCUT2D eigenvalue weighted by Gasteiger charge is -2.25. The third-order valence-corrected chi connectivity index (χ3v) is 2.71. The average molecular weight is 247 g/mol. The number of halogens is 2. The number of fused-ring (bicyclic) bond motifs is 1. The SMILES string of the molecule is CC(C)(O)c1cc2c(c(Cl)c1F)OCCO2. The van der Waals surface area contributed by atoms with Crippen molar-refractivity contribution in [3.05, 3.63) is 22.5 Å². The van der Waals surface area contributed by atoms with Gasteiger partial charge in [0, 0.05) is 5.56 Å². The molecule has 0 amide bonds. The Hall–Kier alpha value is -1.00. The number of hydrogen-bond donors (Lipinski definition) is 1. The number of hydrogen-bond acceptors (Lipinski definition) is 3. The minimum absolute atomic E-state index is 0.0988. The van der Waals surface area contributed by atoms with E-state index in [0.29, 0.717) is 19.0 Å². The largest absolute Gasteiger partial charge is 0.486 e. The van der Waals surface area contributed by atoms with Gasteiger partial charge in [0.05, 0.1) is 5.60 Å². The quantitative estimate of drug-likeness (QED) is 0.827. The van der Waals surface area contributed by atoms with Crippen molar-refractivity contribution >= 4 is 11.6 Å². The summed E-state index contributed by atoms with van der Waals surface area (Å²) in [5, 5.41) is 9.66. The Balaban J connectivity index is 2.62. The Morgan fingerprint density at radius 3 is 2.62 bits per heavy atom. The van der Waals surface area contributed by atoms with Crippen molar-refractivity contribution in [2.75, 3.05) is 13.2 Å². The molecule has 1 aromatic rings. The smallest absolute Gasteiger partial charge is 0.182 e. The Morgan fingerprint density at radius 2 is 2.00 bits per heavy atom. The fourth-order valence-electron chi connectivity index (χ4n) is 1.57. The molecule has 0 spiro atoms. The van der Waals surface area contributed by atoms with Crippen molar-refractivity contribution in [2.45, 2.75) is 19.4 Å². The summed E-state index contributed by atoms with van der Waals surface area (Å²) in [5.41, 5.74) is -1.22. The Labute approximate surface area is 97.7 Å². The number of benzene rings is 1. The number of aliphatic hydroxyl groups is 1. The molecule has 1 N–H and O–H groups in total. The summed E-state index contributed by atoms with van der Waals surface area (Å²) in [6.07, 6.45) is 0. The molecule has 0 atom stereocenters. The highest BCUT2D eigenvalue weighted by Gasteiger charge is 2.28. The first-order valence-corrected chi connectivity index (χ1v) is 5.29. The summed E-state index contributed by atoms with van der Waals surface area (Å²) in [6, 6.07) is 1.43. The topological polar surface area (TPSA) is 38.7 Å². The summed E-state index contributed by atoms with van der Waals surface area (Å²) in [7, 11) is 0. The maximum atomic E-state index is 13.9. The van der Waals surface area contributed by atoms with Crippen molar-refractivity contribution < 1.29 is 19.0 Å². The fourth-order valence-corrected chi connectivity index (χ4v) is 1.82. The molecular formula is C11H12ClFO3. The van der Waals surface area contributed by atoms with Gasteiger partial charge in [-0.15, -0.1) is 0 Å². The van der Waals surface area contributed by atoms with Crippen molar-refractivity contribution in [3.63, 3.8) is 0 Å². The van der Waals surface area contributed by atoms with Gasteiger partial charge in [-0.3, -0.25) is 0 Å². The van der Waals surface area contributed by atoms with E-state index in [4.69, 9.17) is 21.1 Å². The van der Waals surface area contributed by atoms with E-state index in [-0.39, 0.29) is 16.3 Å². The molecule has 88 valence electrons. The molecular weight excluding hydrogens is 235 g/mol. The van der Waals surface area contributed by atoms with Gasteiger partial charge in [0.15, 0.2) is 17.3 Å². The van der Waals surface area contributed by atoms with Crippen LogP contribution in [0.25, 0.3) is 0 Å². The number of ether oxygens (including phenoxy) is 2. The molecule has 0 aliphatic carbocycles. The molecule has 1 aliphatic rings. The molecule has 0 radical (unpaired) electrons. The third-order valence-electron chi connectivity index (χ3n) is 2.37. The van der Waals surface area contributed by atoms with Crippen LogP contribution in [-0.4, -0.2) is 18.3 Å². The Kier molecular flexibility index (Phi) is 2.72. The van der Waals surface area contributed by atoms with Gasteiger partial charge in [-0.1, -0.05) is 11.6 Å². The molecule has 2 rings (SSSR count). The molecule has 1 aromatic carbocycles. The van der Waals surface area contributed by atoms with Crippen molar-refractivity contribution in [2.24, 2.45) is 0 Å². The average Bonchev–Trinajstić information content (AvgIpc) is 2.22. The molecule has 5 heteroatoms. The minimum atomic E-state index is -1.32. The van der Waals surface area contributed by atoms with Crippen molar-refractivity contribution in [1.29, 1.82) is 0 Å². The molecule has 0 unspecified atom stereocenters. The molecule has 1 aliphatic heterocycles. The molecule has 3 nitrogen and oxygen atoms in total. The van der Waals surface area contributed by atoms with E-state index in [1.165, 1.54) is 19.9 Å². The zero-order valence-electron chi connectivity index (χ0n) is 9.01. The second kappa shape index (κ2) is 3.79. The molecule has 0 saturated heterocycles. The zero-order chi connectivity index (χ0) is 11.9. The van der Waals surface area contributed by atoms with E-state index < -0.39 is 11.4 Å². The predicted octanol–water partition coefficient (Wildman–Crippen LogP) is 2.48. The lowest BCUT2D eigenvalue weighted by Crippen LogP contribution is -2.21. The lowest BCUT2D eigenvalue weighted by atomic mass is 9.97. The van der Waals surface area contributed by atoms with Gasteiger partial charge in [-0.2, -0.15) is 0 Å². The van der Waals surface area contributed by atoms with E-state index in [1.54, 1.807) is 0 Å². The predicted molar refractivity (Wildman–Crippen MR) is 57.6 cm³/mol. The van der Waals surface area contributed by atoms with Gasteiger partial charge < -0.3 is 14.6 Å². The molecule has 0 bridgehead atoms.